The molecule has 0 aromatic heterocycles. The van der Waals surface area contributed by atoms with Gasteiger partial charge in [-0.05, 0) is 20.8 Å². The lowest BCUT2D eigenvalue weighted by Crippen LogP contribution is -2.25. The summed E-state index contributed by atoms with van der Waals surface area (Å²) in [5.41, 5.74) is -0.449. The molecule has 0 aromatic carbocycles. The van der Waals surface area contributed by atoms with Crippen LogP contribution < -0.4 is 0 Å². The number of aliphatic hydroxyl groups excluding tert-OH is 1. The van der Waals surface area contributed by atoms with Crippen molar-refractivity contribution in [2.24, 2.45) is 11.3 Å². The fourth-order valence-corrected chi connectivity index (χ4v) is 0.487. The first kappa shape index (κ1) is 11.4. The third kappa shape index (κ3) is 4.34. The average Bonchev–Trinajstić information content (AvgIpc) is 1.97. The van der Waals surface area contributed by atoms with Crippen LogP contribution in [0.2, 0.25) is 0 Å². The summed E-state index contributed by atoms with van der Waals surface area (Å²) in [5, 5.41) is 8.66. The van der Waals surface area contributed by atoms with Crippen LogP contribution in [0.25, 0.3) is 0 Å². The van der Waals surface area contributed by atoms with Gasteiger partial charge in [0.05, 0.1) is 12.0 Å². The summed E-state index contributed by atoms with van der Waals surface area (Å²) in [5.74, 6) is -0.195. The van der Waals surface area contributed by atoms with E-state index in [4.69, 9.17) is 9.84 Å². The number of ether oxygens (including phenoxy) is 1. The minimum atomic E-state index is -0.449. The van der Waals surface area contributed by atoms with Gasteiger partial charge in [-0.25, -0.2) is 0 Å². The Morgan fingerprint density at radius 1 is 1.50 bits per heavy atom. The van der Waals surface area contributed by atoms with E-state index in [0.717, 1.165) is 0 Å². The van der Waals surface area contributed by atoms with Gasteiger partial charge in [0.25, 0.3) is 0 Å². The molecule has 0 saturated carbocycles. The highest BCUT2D eigenvalue weighted by atomic mass is 16.5. The molecule has 0 radical (unpaired) electrons. The van der Waals surface area contributed by atoms with E-state index in [1.165, 1.54) is 0 Å². The molecular weight excluding hydrogens is 156 g/mol. The fraction of sp³-hybridized carbons (Fsp3) is 0.889. The van der Waals surface area contributed by atoms with Gasteiger partial charge in [-0.1, -0.05) is 6.92 Å². The summed E-state index contributed by atoms with van der Waals surface area (Å²) in [6, 6.07) is 0. The summed E-state index contributed by atoms with van der Waals surface area (Å²) >= 11 is 0. The third-order valence-electron chi connectivity index (χ3n) is 1.42. The van der Waals surface area contributed by atoms with E-state index in [1.807, 2.05) is 6.92 Å². The van der Waals surface area contributed by atoms with Crippen LogP contribution in [0.15, 0.2) is 0 Å². The quantitative estimate of drug-likeness (QED) is 0.654. The normalized spacial score (nSPS) is 14.1. The van der Waals surface area contributed by atoms with Crippen molar-refractivity contribution in [1.82, 2.24) is 0 Å². The summed E-state index contributed by atoms with van der Waals surface area (Å²) in [6.07, 6.45) is 0. The number of carbonyl (C=O) groups is 1. The Morgan fingerprint density at radius 2 is 2.00 bits per heavy atom. The molecular formula is C9H18O3. The molecule has 0 aliphatic carbocycles. The fourth-order valence-electron chi connectivity index (χ4n) is 0.487. The Kier molecular flexibility index (Phi) is 4.24. The summed E-state index contributed by atoms with van der Waals surface area (Å²) in [7, 11) is 0. The van der Waals surface area contributed by atoms with Crippen molar-refractivity contribution in [1.29, 1.82) is 0 Å². The molecule has 3 nitrogen and oxygen atoms in total. The van der Waals surface area contributed by atoms with Crippen LogP contribution in [0.5, 0.6) is 0 Å². The molecule has 72 valence electrons. The summed E-state index contributed by atoms with van der Waals surface area (Å²) in [6.45, 7) is 7.59. The van der Waals surface area contributed by atoms with Gasteiger partial charge in [0.1, 0.15) is 0 Å². The van der Waals surface area contributed by atoms with Gasteiger partial charge in [-0.3, -0.25) is 4.79 Å². The van der Waals surface area contributed by atoms with E-state index >= 15 is 0 Å². The predicted octanol–water partition coefficient (Wildman–Crippen LogP) is 1.20. The summed E-state index contributed by atoms with van der Waals surface area (Å²) in [4.78, 5) is 11.2. The lowest BCUT2D eigenvalue weighted by atomic mass is 9.97. The van der Waals surface area contributed by atoms with Gasteiger partial charge in [-0.2, -0.15) is 0 Å². The average molecular weight is 174 g/mol. The maximum absolute atomic E-state index is 11.2. The molecule has 0 rings (SSSR count). The van der Waals surface area contributed by atoms with Gasteiger partial charge in [0.15, 0.2) is 0 Å². The topological polar surface area (TPSA) is 46.5 Å². The second-order valence-electron chi connectivity index (χ2n) is 4.14. The lowest BCUT2D eigenvalue weighted by Gasteiger charge is -2.17. The molecule has 0 amide bonds. The van der Waals surface area contributed by atoms with Gasteiger partial charge in [-0.15, -0.1) is 0 Å². The van der Waals surface area contributed by atoms with E-state index in [-0.39, 0.29) is 18.5 Å². The number of esters is 1. The van der Waals surface area contributed by atoms with Crippen LogP contribution >= 0.6 is 0 Å². The maximum atomic E-state index is 11.2. The second kappa shape index (κ2) is 4.45. The van der Waals surface area contributed by atoms with Crippen LogP contribution in [0.3, 0.4) is 0 Å². The van der Waals surface area contributed by atoms with Crippen molar-refractivity contribution in [3.63, 3.8) is 0 Å². The van der Waals surface area contributed by atoms with Crippen LogP contribution in [0.1, 0.15) is 27.7 Å². The number of hydrogen-bond acceptors (Lipinski definition) is 3. The van der Waals surface area contributed by atoms with Crippen LogP contribution in [0.4, 0.5) is 0 Å². The molecule has 0 heterocycles. The maximum Gasteiger partial charge on any atom is 0.311 e. The van der Waals surface area contributed by atoms with Crippen LogP contribution in [0, 0.1) is 11.3 Å². The zero-order valence-electron chi connectivity index (χ0n) is 8.26. The molecule has 0 unspecified atom stereocenters. The van der Waals surface area contributed by atoms with Crippen LogP contribution in [-0.2, 0) is 9.53 Å². The van der Waals surface area contributed by atoms with Crippen molar-refractivity contribution in [3.8, 4) is 0 Å². The van der Waals surface area contributed by atoms with Crippen molar-refractivity contribution in [3.05, 3.63) is 0 Å². The Balaban J connectivity index is 3.73. The molecule has 0 aromatic rings. The van der Waals surface area contributed by atoms with Gasteiger partial charge >= 0.3 is 5.97 Å². The molecule has 1 atom stereocenters. The minimum absolute atomic E-state index is 0.0244. The first-order chi connectivity index (χ1) is 5.38. The lowest BCUT2D eigenvalue weighted by molar-refractivity contribution is -0.154. The largest absolute Gasteiger partial charge is 0.465 e. The molecule has 0 fully saturated rings. The number of aliphatic hydroxyl groups is 1. The highest BCUT2D eigenvalue weighted by molar-refractivity contribution is 5.75. The molecule has 0 spiro atoms. The highest BCUT2D eigenvalue weighted by Gasteiger charge is 2.23. The number of carbonyl (C=O) groups excluding carboxylic acids is 1. The molecule has 12 heavy (non-hydrogen) atoms. The molecule has 0 aliphatic rings. The van der Waals surface area contributed by atoms with Crippen molar-refractivity contribution in [2.45, 2.75) is 27.7 Å². The zero-order valence-corrected chi connectivity index (χ0v) is 8.26. The third-order valence-corrected chi connectivity index (χ3v) is 1.42. The van der Waals surface area contributed by atoms with Crippen molar-refractivity contribution < 1.29 is 14.6 Å². The Bertz CT molecular complexity index is 146. The van der Waals surface area contributed by atoms with Gasteiger partial charge in [0, 0.05) is 12.5 Å². The second-order valence-corrected chi connectivity index (χ2v) is 4.14. The molecule has 1 N–H and O–H groups in total. The molecule has 0 saturated heterocycles. The predicted molar refractivity (Wildman–Crippen MR) is 46.7 cm³/mol. The van der Waals surface area contributed by atoms with E-state index in [1.54, 1.807) is 20.8 Å². The SMILES string of the molecule is C[C@@H](CO)COC(=O)C(C)(C)C. The Labute approximate surface area is 73.7 Å². The van der Waals surface area contributed by atoms with Crippen LogP contribution in [-0.4, -0.2) is 24.3 Å². The van der Waals surface area contributed by atoms with Gasteiger partial charge in [0.2, 0.25) is 0 Å². The molecule has 0 aliphatic heterocycles. The summed E-state index contributed by atoms with van der Waals surface area (Å²) < 4.78 is 4.96. The Hall–Kier alpha value is -0.570. The molecule has 0 bridgehead atoms. The first-order valence-electron chi connectivity index (χ1n) is 4.16. The van der Waals surface area contributed by atoms with Gasteiger partial charge < -0.3 is 9.84 Å². The van der Waals surface area contributed by atoms with E-state index in [2.05, 4.69) is 0 Å². The first-order valence-corrected chi connectivity index (χ1v) is 4.16. The van der Waals surface area contributed by atoms with E-state index < -0.39 is 5.41 Å². The smallest absolute Gasteiger partial charge is 0.311 e. The van der Waals surface area contributed by atoms with E-state index in [9.17, 15) is 4.79 Å². The monoisotopic (exact) mass is 174 g/mol. The van der Waals surface area contributed by atoms with Crippen molar-refractivity contribution >= 4 is 5.97 Å². The number of rotatable bonds is 3. The minimum Gasteiger partial charge on any atom is -0.465 e. The molecule has 3 heteroatoms. The van der Waals surface area contributed by atoms with E-state index in [0.29, 0.717) is 6.61 Å². The standard InChI is InChI=1S/C9H18O3/c1-7(5-10)6-12-8(11)9(2,3)4/h7,10H,5-6H2,1-4H3/t7-/m0/s1. The zero-order chi connectivity index (χ0) is 9.78. The highest BCUT2D eigenvalue weighted by Crippen LogP contribution is 2.15. The number of hydrogen-bond donors (Lipinski definition) is 1. The Morgan fingerprint density at radius 3 is 2.33 bits per heavy atom. The van der Waals surface area contributed by atoms with Crippen molar-refractivity contribution in [2.75, 3.05) is 13.2 Å².